The summed E-state index contributed by atoms with van der Waals surface area (Å²) in [5.41, 5.74) is 0. The van der Waals surface area contributed by atoms with E-state index in [-0.39, 0.29) is 16.9 Å². The quantitative estimate of drug-likeness (QED) is 0.785. The number of halogens is 1. The molecule has 0 amide bonds. The van der Waals surface area contributed by atoms with Gasteiger partial charge in [-0.05, 0) is 25.0 Å². The molecule has 0 saturated carbocycles. The summed E-state index contributed by atoms with van der Waals surface area (Å²) in [5.74, 6) is 0.732. The second-order valence-electron chi connectivity index (χ2n) is 4.54. The van der Waals surface area contributed by atoms with E-state index in [1.165, 1.54) is 7.11 Å². The number of pyridine rings is 1. The number of nitrogens with zero attached hydrogens (tertiary/aromatic N) is 2. The fraction of sp³-hybridized carbons (Fsp3) is 0.583. The van der Waals surface area contributed by atoms with E-state index >= 15 is 0 Å². The summed E-state index contributed by atoms with van der Waals surface area (Å²) in [6.45, 7) is 1.53. The van der Waals surface area contributed by atoms with Gasteiger partial charge in [-0.3, -0.25) is 0 Å². The smallest absolute Gasteiger partial charge is 0.282 e. The summed E-state index contributed by atoms with van der Waals surface area (Å²) >= 11 is 0. The summed E-state index contributed by atoms with van der Waals surface area (Å²) in [4.78, 5) is 6.14. The Hall–Kier alpha value is -1.05. The Bertz CT molecular complexity index is 571. The molecule has 1 aromatic heterocycles. The highest BCUT2D eigenvalue weighted by Crippen LogP contribution is 2.29. The molecule has 0 radical (unpaired) electrons. The van der Waals surface area contributed by atoms with Gasteiger partial charge in [-0.1, -0.05) is 0 Å². The van der Waals surface area contributed by atoms with E-state index in [2.05, 4.69) is 4.98 Å². The van der Waals surface area contributed by atoms with Crippen LogP contribution in [0.25, 0.3) is 0 Å². The van der Waals surface area contributed by atoms with Crippen LogP contribution in [-0.4, -0.2) is 46.8 Å². The maximum absolute atomic E-state index is 11.5. The SMILES string of the molecule is COc1ccc(N2CCC(OC)CC2)nc1S(=O)(=O)Cl. The van der Waals surface area contributed by atoms with E-state index in [0.29, 0.717) is 5.82 Å². The van der Waals surface area contributed by atoms with Crippen molar-refractivity contribution in [2.45, 2.75) is 24.0 Å². The standard InChI is InChI=1S/C12H17ClN2O4S/c1-18-9-5-7-15(8-6-9)11-4-3-10(19-2)12(14-11)20(13,16)17/h3-4,9H,5-8H2,1-2H3. The zero-order valence-corrected chi connectivity index (χ0v) is 12.9. The van der Waals surface area contributed by atoms with Gasteiger partial charge in [-0.2, -0.15) is 0 Å². The topological polar surface area (TPSA) is 68.7 Å². The Morgan fingerprint density at radius 2 is 1.95 bits per heavy atom. The number of rotatable bonds is 4. The van der Waals surface area contributed by atoms with Crippen molar-refractivity contribution in [1.82, 2.24) is 4.98 Å². The van der Waals surface area contributed by atoms with Crippen LogP contribution >= 0.6 is 10.7 Å². The van der Waals surface area contributed by atoms with Crippen LogP contribution in [0.15, 0.2) is 17.2 Å². The molecule has 0 N–H and O–H groups in total. The fourth-order valence-electron chi connectivity index (χ4n) is 2.24. The summed E-state index contributed by atoms with van der Waals surface area (Å²) in [6, 6.07) is 3.30. The number of aromatic nitrogens is 1. The van der Waals surface area contributed by atoms with E-state index in [1.54, 1.807) is 19.2 Å². The molecule has 2 heterocycles. The highest BCUT2D eigenvalue weighted by atomic mass is 35.7. The normalized spacial score (nSPS) is 17.2. The summed E-state index contributed by atoms with van der Waals surface area (Å²) in [6.07, 6.45) is 2.01. The van der Waals surface area contributed by atoms with Crippen LogP contribution in [0, 0.1) is 0 Å². The van der Waals surface area contributed by atoms with Crippen LogP contribution in [-0.2, 0) is 13.8 Å². The molecule has 6 nitrogen and oxygen atoms in total. The van der Waals surface area contributed by atoms with Gasteiger partial charge in [0, 0.05) is 30.9 Å². The third-order valence-electron chi connectivity index (χ3n) is 3.36. The van der Waals surface area contributed by atoms with Gasteiger partial charge in [0.1, 0.15) is 5.82 Å². The Kier molecular flexibility index (Phi) is 4.72. The minimum absolute atomic E-state index is 0.149. The number of methoxy groups -OCH3 is 2. The summed E-state index contributed by atoms with van der Waals surface area (Å²) in [7, 11) is 4.53. The first-order valence-corrected chi connectivity index (χ1v) is 8.54. The molecule has 0 aromatic carbocycles. The highest BCUT2D eigenvalue weighted by Gasteiger charge is 2.24. The van der Waals surface area contributed by atoms with Gasteiger partial charge in [0.05, 0.1) is 13.2 Å². The number of anilines is 1. The lowest BCUT2D eigenvalue weighted by Gasteiger charge is -2.32. The van der Waals surface area contributed by atoms with Crippen molar-refractivity contribution in [3.63, 3.8) is 0 Å². The average molecular weight is 321 g/mol. The number of piperidine rings is 1. The highest BCUT2D eigenvalue weighted by molar-refractivity contribution is 8.13. The maximum atomic E-state index is 11.5. The van der Waals surface area contributed by atoms with Crippen molar-refractivity contribution in [3.05, 3.63) is 12.1 Å². The molecule has 112 valence electrons. The monoisotopic (exact) mass is 320 g/mol. The fourth-order valence-corrected chi connectivity index (χ4v) is 3.17. The van der Waals surface area contributed by atoms with Crippen molar-refractivity contribution in [1.29, 1.82) is 0 Å². The van der Waals surface area contributed by atoms with Crippen molar-refractivity contribution >= 4 is 25.6 Å². The van der Waals surface area contributed by atoms with Gasteiger partial charge in [0.15, 0.2) is 5.75 Å². The second kappa shape index (κ2) is 6.15. The zero-order chi connectivity index (χ0) is 14.8. The van der Waals surface area contributed by atoms with Gasteiger partial charge >= 0.3 is 0 Å². The minimum Gasteiger partial charge on any atom is -0.494 e. The third-order valence-corrected chi connectivity index (χ3v) is 4.55. The van der Waals surface area contributed by atoms with Crippen molar-refractivity contribution in [2.24, 2.45) is 0 Å². The molecule has 2 rings (SSSR count). The molecule has 0 unspecified atom stereocenters. The predicted octanol–water partition coefficient (Wildman–Crippen LogP) is 1.63. The van der Waals surface area contributed by atoms with E-state index < -0.39 is 9.05 Å². The lowest BCUT2D eigenvalue weighted by Crippen LogP contribution is -2.37. The molecule has 1 aliphatic rings. The lowest BCUT2D eigenvalue weighted by molar-refractivity contribution is 0.0818. The van der Waals surface area contributed by atoms with Gasteiger partial charge in [0.25, 0.3) is 9.05 Å². The van der Waals surface area contributed by atoms with Crippen molar-refractivity contribution in [3.8, 4) is 5.75 Å². The largest absolute Gasteiger partial charge is 0.494 e. The Balaban J connectivity index is 2.26. The average Bonchev–Trinajstić information content (AvgIpc) is 2.46. The Morgan fingerprint density at radius 1 is 1.30 bits per heavy atom. The first-order chi connectivity index (χ1) is 9.45. The van der Waals surface area contributed by atoms with E-state index in [1.807, 2.05) is 4.90 Å². The van der Waals surface area contributed by atoms with Crippen LogP contribution in [0.2, 0.25) is 0 Å². The molecule has 0 atom stereocenters. The van der Waals surface area contributed by atoms with Crippen LogP contribution in [0.1, 0.15) is 12.8 Å². The van der Waals surface area contributed by atoms with E-state index in [4.69, 9.17) is 20.2 Å². The predicted molar refractivity (Wildman–Crippen MR) is 76.1 cm³/mol. The molecule has 20 heavy (non-hydrogen) atoms. The van der Waals surface area contributed by atoms with Gasteiger partial charge in [-0.25, -0.2) is 13.4 Å². The van der Waals surface area contributed by atoms with Crippen LogP contribution in [0.4, 0.5) is 5.82 Å². The summed E-state index contributed by atoms with van der Waals surface area (Å²) in [5, 5.41) is -0.243. The molecule has 8 heteroatoms. The molecule has 1 aliphatic heterocycles. The molecular weight excluding hydrogens is 304 g/mol. The molecule has 0 aliphatic carbocycles. The first-order valence-electron chi connectivity index (χ1n) is 6.23. The maximum Gasteiger partial charge on any atom is 0.282 e. The molecule has 1 saturated heterocycles. The molecule has 1 aromatic rings. The van der Waals surface area contributed by atoms with E-state index in [0.717, 1.165) is 25.9 Å². The number of hydrogen-bond acceptors (Lipinski definition) is 6. The molecule has 0 bridgehead atoms. The van der Waals surface area contributed by atoms with E-state index in [9.17, 15) is 8.42 Å². The minimum atomic E-state index is -3.94. The van der Waals surface area contributed by atoms with Gasteiger partial charge in [-0.15, -0.1) is 0 Å². The van der Waals surface area contributed by atoms with Crippen LogP contribution in [0.5, 0.6) is 5.75 Å². The summed E-state index contributed by atoms with van der Waals surface area (Å²) < 4.78 is 33.4. The van der Waals surface area contributed by atoms with Gasteiger partial charge in [0.2, 0.25) is 5.03 Å². The Morgan fingerprint density at radius 3 is 2.45 bits per heavy atom. The molecule has 0 spiro atoms. The number of ether oxygens (including phenoxy) is 2. The number of hydrogen-bond donors (Lipinski definition) is 0. The van der Waals surface area contributed by atoms with Crippen LogP contribution in [0.3, 0.4) is 0 Å². The van der Waals surface area contributed by atoms with Crippen LogP contribution < -0.4 is 9.64 Å². The Labute approximate surface area is 123 Å². The van der Waals surface area contributed by atoms with Crippen molar-refractivity contribution in [2.75, 3.05) is 32.2 Å². The second-order valence-corrected chi connectivity index (χ2v) is 7.02. The van der Waals surface area contributed by atoms with Crippen molar-refractivity contribution < 1.29 is 17.9 Å². The zero-order valence-electron chi connectivity index (χ0n) is 11.4. The lowest BCUT2D eigenvalue weighted by atomic mass is 10.1. The van der Waals surface area contributed by atoms with Gasteiger partial charge < -0.3 is 14.4 Å². The molecular formula is C12H17ClN2O4S. The first kappa shape index (κ1) is 15.3. The molecule has 1 fully saturated rings. The third kappa shape index (κ3) is 3.34.